The summed E-state index contributed by atoms with van der Waals surface area (Å²) in [6.07, 6.45) is 7.44. The van der Waals surface area contributed by atoms with Crippen molar-refractivity contribution in [2.24, 2.45) is 5.92 Å². The van der Waals surface area contributed by atoms with Gasteiger partial charge in [0.25, 0.3) is 0 Å². The second kappa shape index (κ2) is 9.20. The SMILES string of the molecule is O=C(O)CCOC[C@H]1CCCN(c2cc(-n3ccnc3)c3ccc(Cl)c(Cl)c3n2)C1. The van der Waals surface area contributed by atoms with Gasteiger partial charge in [0.2, 0.25) is 0 Å². The lowest BCUT2D eigenvalue weighted by molar-refractivity contribution is -0.138. The number of ether oxygens (including phenoxy) is 1. The molecular formula is C21H22Cl2N4O3. The van der Waals surface area contributed by atoms with Gasteiger partial charge in [-0.2, -0.15) is 0 Å². The average molecular weight is 449 g/mol. The van der Waals surface area contributed by atoms with Gasteiger partial charge in [0.1, 0.15) is 5.82 Å². The van der Waals surface area contributed by atoms with Gasteiger partial charge in [-0.25, -0.2) is 9.97 Å². The maximum atomic E-state index is 10.7. The molecule has 1 fully saturated rings. The number of carboxylic acid groups (broad SMARTS) is 1. The quantitative estimate of drug-likeness (QED) is 0.538. The van der Waals surface area contributed by atoms with Gasteiger partial charge < -0.3 is 19.3 Å². The summed E-state index contributed by atoms with van der Waals surface area (Å²) < 4.78 is 7.52. The highest BCUT2D eigenvalue weighted by molar-refractivity contribution is 6.45. The Morgan fingerprint density at radius 2 is 2.20 bits per heavy atom. The predicted octanol–water partition coefficient (Wildman–Crippen LogP) is 4.44. The summed E-state index contributed by atoms with van der Waals surface area (Å²) in [5.41, 5.74) is 1.59. The molecule has 0 bridgehead atoms. The minimum Gasteiger partial charge on any atom is -0.481 e. The zero-order chi connectivity index (χ0) is 21.1. The number of anilines is 1. The molecule has 0 amide bonds. The fraction of sp³-hybridized carbons (Fsp3) is 0.381. The first-order chi connectivity index (χ1) is 14.5. The molecule has 0 radical (unpaired) electrons. The van der Waals surface area contributed by atoms with Crippen LogP contribution in [0.15, 0.2) is 36.9 Å². The summed E-state index contributed by atoms with van der Waals surface area (Å²) in [6.45, 7) is 2.44. The molecule has 2 aromatic heterocycles. The molecule has 3 aromatic rings. The van der Waals surface area contributed by atoms with Crippen molar-refractivity contribution in [1.82, 2.24) is 14.5 Å². The van der Waals surface area contributed by atoms with Crippen LogP contribution in [0.3, 0.4) is 0 Å². The molecule has 0 aliphatic carbocycles. The van der Waals surface area contributed by atoms with Crippen LogP contribution in [0.1, 0.15) is 19.3 Å². The Labute approximate surface area is 184 Å². The third-order valence-electron chi connectivity index (χ3n) is 5.28. The number of halogens is 2. The number of aromatic nitrogens is 3. The minimum atomic E-state index is -0.844. The Hall–Kier alpha value is -2.35. The molecule has 0 spiro atoms. The Bertz CT molecular complexity index is 1040. The molecule has 3 heterocycles. The Morgan fingerprint density at radius 1 is 1.33 bits per heavy atom. The number of carboxylic acids is 1. The van der Waals surface area contributed by atoms with Crippen LogP contribution in [0.4, 0.5) is 5.82 Å². The average Bonchev–Trinajstić information content (AvgIpc) is 3.28. The van der Waals surface area contributed by atoms with Gasteiger partial charge in [-0.15, -0.1) is 0 Å². The van der Waals surface area contributed by atoms with E-state index in [2.05, 4.69) is 9.88 Å². The number of imidazole rings is 1. The lowest BCUT2D eigenvalue weighted by atomic mass is 9.99. The van der Waals surface area contributed by atoms with Gasteiger partial charge >= 0.3 is 5.97 Å². The number of fused-ring (bicyclic) bond motifs is 1. The fourth-order valence-electron chi connectivity index (χ4n) is 3.80. The van der Waals surface area contributed by atoms with Crippen LogP contribution in [0.2, 0.25) is 10.0 Å². The highest BCUT2D eigenvalue weighted by Crippen LogP contribution is 2.35. The molecule has 9 heteroatoms. The van der Waals surface area contributed by atoms with Crippen molar-refractivity contribution >= 4 is 45.9 Å². The second-order valence-corrected chi connectivity index (χ2v) is 8.19. The monoisotopic (exact) mass is 448 g/mol. The van der Waals surface area contributed by atoms with E-state index < -0.39 is 5.97 Å². The molecule has 1 aromatic carbocycles. The number of pyridine rings is 1. The van der Waals surface area contributed by atoms with Crippen molar-refractivity contribution in [3.63, 3.8) is 0 Å². The van der Waals surface area contributed by atoms with E-state index in [-0.39, 0.29) is 13.0 Å². The van der Waals surface area contributed by atoms with E-state index >= 15 is 0 Å². The van der Waals surface area contributed by atoms with E-state index in [9.17, 15) is 4.79 Å². The molecule has 0 saturated carbocycles. The summed E-state index contributed by atoms with van der Waals surface area (Å²) in [7, 11) is 0. The molecule has 1 aliphatic rings. The Morgan fingerprint density at radius 3 is 2.97 bits per heavy atom. The molecule has 158 valence electrons. The van der Waals surface area contributed by atoms with E-state index in [0.29, 0.717) is 28.1 Å². The number of benzene rings is 1. The zero-order valence-electron chi connectivity index (χ0n) is 16.3. The molecule has 1 atom stereocenters. The second-order valence-electron chi connectivity index (χ2n) is 7.40. The third kappa shape index (κ3) is 4.53. The van der Waals surface area contributed by atoms with Crippen LogP contribution in [-0.4, -0.2) is 51.9 Å². The molecule has 1 aliphatic heterocycles. The maximum absolute atomic E-state index is 10.7. The molecule has 7 nitrogen and oxygen atoms in total. The number of carbonyl (C=O) groups is 1. The zero-order valence-corrected chi connectivity index (χ0v) is 17.8. The number of hydrogen-bond donors (Lipinski definition) is 1. The van der Waals surface area contributed by atoms with Crippen LogP contribution in [0.5, 0.6) is 0 Å². The summed E-state index contributed by atoms with van der Waals surface area (Å²) in [4.78, 5) is 21.9. The van der Waals surface area contributed by atoms with Crippen molar-refractivity contribution < 1.29 is 14.6 Å². The lowest BCUT2D eigenvalue weighted by Crippen LogP contribution is -2.38. The molecule has 1 saturated heterocycles. The smallest absolute Gasteiger partial charge is 0.305 e. The van der Waals surface area contributed by atoms with Crippen molar-refractivity contribution in [1.29, 1.82) is 0 Å². The number of aliphatic carboxylic acids is 1. The van der Waals surface area contributed by atoms with Gasteiger partial charge in [0, 0.05) is 36.9 Å². The summed E-state index contributed by atoms with van der Waals surface area (Å²) >= 11 is 12.8. The molecule has 30 heavy (non-hydrogen) atoms. The normalized spacial score (nSPS) is 16.9. The van der Waals surface area contributed by atoms with E-state index in [1.54, 1.807) is 18.6 Å². The fourth-order valence-corrected chi connectivity index (χ4v) is 4.16. The van der Waals surface area contributed by atoms with E-state index in [0.717, 1.165) is 42.8 Å². The van der Waals surface area contributed by atoms with Gasteiger partial charge in [-0.3, -0.25) is 4.79 Å². The molecule has 1 N–H and O–H groups in total. The standard InChI is InChI=1S/C21H22Cl2N4O3/c22-16-4-3-15-17(27-8-6-24-13-27)10-18(25-21(15)20(16)23)26-7-1-2-14(11-26)12-30-9-5-19(28)29/h3-4,6,8,10,13-14H,1-2,5,7,9,11-12H2,(H,28,29)/t14-/m0/s1. The molecular weight excluding hydrogens is 427 g/mol. The summed E-state index contributed by atoms with van der Waals surface area (Å²) in [6, 6.07) is 5.74. The summed E-state index contributed by atoms with van der Waals surface area (Å²) in [5, 5.41) is 10.6. The number of piperidine rings is 1. The minimum absolute atomic E-state index is 0.0240. The highest BCUT2D eigenvalue weighted by atomic mass is 35.5. The van der Waals surface area contributed by atoms with Crippen LogP contribution >= 0.6 is 23.2 Å². The summed E-state index contributed by atoms with van der Waals surface area (Å²) in [5.74, 6) is 0.297. The number of nitrogens with zero attached hydrogens (tertiary/aromatic N) is 4. The number of rotatable bonds is 7. The van der Waals surface area contributed by atoms with Crippen LogP contribution in [-0.2, 0) is 9.53 Å². The van der Waals surface area contributed by atoms with Crippen molar-refractivity contribution in [3.05, 3.63) is 47.0 Å². The Balaban J connectivity index is 1.62. The van der Waals surface area contributed by atoms with Crippen molar-refractivity contribution in [2.45, 2.75) is 19.3 Å². The highest BCUT2D eigenvalue weighted by Gasteiger charge is 2.23. The first kappa shape index (κ1) is 20.9. The largest absolute Gasteiger partial charge is 0.481 e. The van der Waals surface area contributed by atoms with Gasteiger partial charge in [0.05, 0.1) is 47.2 Å². The van der Waals surface area contributed by atoms with Crippen LogP contribution < -0.4 is 4.90 Å². The predicted molar refractivity (Wildman–Crippen MR) is 117 cm³/mol. The maximum Gasteiger partial charge on any atom is 0.305 e. The topological polar surface area (TPSA) is 80.5 Å². The van der Waals surface area contributed by atoms with E-state index in [1.807, 2.05) is 22.9 Å². The van der Waals surface area contributed by atoms with Crippen molar-refractivity contribution in [3.8, 4) is 5.69 Å². The first-order valence-electron chi connectivity index (χ1n) is 9.84. The molecule has 0 unspecified atom stereocenters. The van der Waals surface area contributed by atoms with Crippen LogP contribution in [0.25, 0.3) is 16.6 Å². The van der Waals surface area contributed by atoms with Gasteiger partial charge in [-0.05, 0) is 30.9 Å². The van der Waals surface area contributed by atoms with Gasteiger partial charge in [0.15, 0.2) is 0 Å². The van der Waals surface area contributed by atoms with E-state index in [1.165, 1.54) is 0 Å². The first-order valence-corrected chi connectivity index (χ1v) is 10.6. The number of hydrogen-bond acceptors (Lipinski definition) is 5. The lowest BCUT2D eigenvalue weighted by Gasteiger charge is -2.34. The Kier molecular flexibility index (Phi) is 6.41. The van der Waals surface area contributed by atoms with Crippen molar-refractivity contribution in [2.75, 3.05) is 31.2 Å². The van der Waals surface area contributed by atoms with E-state index in [4.69, 9.17) is 38.0 Å². The third-order valence-corrected chi connectivity index (χ3v) is 6.07. The van der Waals surface area contributed by atoms with Gasteiger partial charge in [-0.1, -0.05) is 23.2 Å². The molecule has 4 rings (SSSR count). The van der Waals surface area contributed by atoms with Crippen LogP contribution in [0, 0.1) is 5.92 Å².